The molecule has 1 aliphatic rings. The minimum atomic E-state index is 0.235. The first kappa shape index (κ1) is 20.2. The molecule has 0 unspecified atom stereocenters. The van der Waals surface area contributed by atoms with E-state index >= 15 is 0 Å². The summed E-state index contributed by atoms with van der Waals surface area (Å²) in [6, 6.07) is 22.5. The highest BCUT2D eigenvalue weighted by molar-refractivity contribution is 5.39. The van der Waals surface area contributed by atoms with Gasteiger partial charge in [-0.1, -0.05) is 119 Å². The maximum absolute atomic E-state index is 2.35. The van der Waals surface area contributed by atoms with Gasteiger partial charge in [-0.3, -0.25) is 0 Å². The normalized spacial score (nSPS) is 17.1. The third kappa shape index (κ3) is 5.47. The molecule has 0 saturated heterocycles. The van der Waals surface area contributed by atoms with Crippen LogP contribution in [0.1, 0.15) is 95.1 Å². The molecular weight excluding hydrogens is 324 g/mol. The zero-order valence-electron chi connectivity index (χ0n) is 17.3. The molecule has 0 N–H and O–H groups in total. The van der Waals surface area contributed by atoms with E-state index in [1.807, 2.05) is 0 Å². The van der Waals surface area contributed by atoms with Crippen molar-refractivity contribution < 1.29 is 0 Å². The van der Waals surface area contributed by atoms with Gasteiger partial charge in [0.15, 0.2) is 0 Å². The van der Waals surface area contributed by atoms with Gasteiger partial charge in [0, 0.05) is 5.41 Å². The molecule has 0 aliphatic heterocycles. The second-order valence-electron chi connectivity index (χ2n) is 8.67. The zero-order chi connectivity index (χ0) is 18.8. The standard InChI is InChI=1S/C27H38/c1-2-3-4-5-6-7-10-15-24-20-22-27(23-21-24,25-16-11-8-12-17-25)26-18-13-9-14-19-26/h8-9,11-14,16-19,24H,2-7,10,15,20-23H2,1H3. The smallest absolute Gasteiger partial charge is 0.0203 e. The molecule has 3 rings (SSSR count). The SMILES string of the molecule is CCCCCCCCCC1CCC(c2ccccc2)(c2ccccc2)CC1. The fourth-order valence-corrected chi connectivity index (χ4v) is 5.11. The molecule has 0 aromatic heterocycles. The van der Waals surface area contributed by atoms with Crippen LogP contribution in [0.3, 0.4) is 0 Å². The highest BCUT2D eigenvalue weighted by Gasteiger charge is 2.37. The van der Waals surface area contributed by atoms with Crippen LogP contribution in [-0.2, 0) is 5.41 Å². The minimum Gasteiger partial charge on any atom is -0.0654 e. The zero-order valence-corrected chi connectivity index (χ0v) is 17.3. The van der Waals surface area contributed by atoms with E-state index in [2.05, 4.69) is 67.6 Å². The average Bonchev–Trinajstić information content (AvgIpc) is 2.75. The van der Waals surface area contributed by atoms with Crippen LogP contribution >= 0.6 is 0 Å². The Bertz CT molecular complexity index is 578. The quantitative estimate of drug-likeness (QED) is 0.373. The summed E-state index contributed by atoms with van der Waals surface area (Å²) >= 11 is 0. The summed E-state index contributed by atoms with van der Waals surface area (Å²) in [5, 5.41) is 0. The predicted octanol–water partition coefficient (Wildman–Crippen LogP) is 8.30. The van der Waals surface area contributed by atoms with E-state index in [4.69, 9.17) is 0 Å². The van der Waals surface area contributed by atoms with Crippen LogP contribution in [0, 0.1) is 5.92 Å². The van der Waals surface area contributed by atoms with Crippen molar-refractivity contribution in [3.63, 3.8) is 0 Å². The molecule has 0 heterocycles. The molecule has 2 aromatic rings. The van der Waals surface area contributed by atoms with Crippen molar-refractivity contribution in [1.82, 2.24) is 0 Å². The molecule has 1 fully saturated rings. The topological polar surface area (TPSA) is 0 Å². The second-order valence-corrected chi connectivity index (χ2v) is 8.67. The molecule has 0 nitrogen and oxygen atoms in total. The molecule has 0 heteroatoms. The van der Waals surface area contributed by atoms with Gasteiger partial charge in [-0.15, -0.1) is 0 Å². The Kier molecular flexibility index (Phi) is 7.99. The monoisotopic (exact) mass is 362 g/mol. The van der Waals surface area contributed by atoms with Crippen molar-refractivity contribution in [2.24, 2.45) is 5.92 Å². The van der Waals surface area contributed by atoms with Gasteiger partial charge in [0.25, 0.3) is 0 Å². The van der Waals surface area contributed by atoms with Gasteiger partial charge >= 0.3 is 0 Å². The lowest BCUT2D eigenvalue weighted by Gasteiger charge is -2.41. The van der Waals surface area contributed by atoms with Gasteiger partial charge in [0.05, 0.1) is 0 Å². The van der Waals surface area contributed by atoms with Crippen LogP contribution in [0.5, 0.6) is 0 Å². The van der Waals surface area contributed by atoms with Gasteiger partial charge in [0.2, 0.25) is 0 Å². The van der Waals surface area contributed by atoms with Gasteiger partial charge in [-0.05, 0) is 42.7 Å². The number of benzene rings is 2. The van der Waals surface area contributed by atoms with Crippen molar-refractivity contribution in [2.75, 3.05) is 0 Å². The maximum Gasteiger partial charge on any atom is 0.0203 e. The van der Waals surface area contributed by atoms with Gasteiger partial charge in [0.1, 0.15) is 0 Å². The molecule has 1 aliphatic carbocycles. The lowest BCUT2D eigenvalue weighted by Crippen LogP contribution is -2.33. The van der Waals surface area contributed by atoms with E-state index in [-0.39, 0.29) is 5.41 Å². The average molecular weight is 363 g/mol. The summed E-state index contributed by atoms with van der Waals surface area (Å²) < 4.78 is 0. The fraction of sp³-hybridized carbons (Fsp3) is 0.556. The first-order valence-electron chi connectivity index (χ1n) is 11.5. The van der Waals surface area contributed by atoms with Gasteiger partial charge in [-0.2, -0.15) is 0 Å². The molecule has 1 saturated carbocycles. The lowest BCUT2D eigenvalue weighted by molar-refractivity contribution is 0.250. The van der Waals surface area contributed by atoms with Crippen LogP contribution in [0.15, 0.2) is 60.7 Å². The third-order valence-electron chi connectivity index (χ3n) is 6.83. The Balaban J connectivity index is 1.54. The molecule has 0 spiro atoms. The van der Waals surface area contributed by atoms with E-state index in [1.54, 1.807) is 0 Å². The van der Waals surface area contributed by atoms with Crippen LogP contribution in [-0.4, -0.2) is 0 Å². The summed E-state index contributed by atoms with van der Waals surface area (Å²) in [6.07, 6.45) is 16.8. The van der Waals surface area contributed by atoms with Gasteiger partial charge < -0.3 is 0 Å². The van der Waals surface area contributed by atoms with E-state index < -0.39 is 0 Å². The molecule has 0 radical (unpaired) electrons. The molecule has 0 bridgehead atoms. The van der Waals surface area contributed by atoms with Crippen LogP contribution < -0.4 is 0 Å². The summed E-state index contributed by atoms with van der Waals surface area (Å²) in [5.74, 6) is 0.946. The Morgan fingerprint density at radius 1 is 0.667 bits per heavy atom. The van der Waals surface area contributed by atoms with Crippen molar-refractivity contribution in [1.29, 1.82) is 0 Å². The van der Waals surface area contributed by atoms with E-state index in [0.717, 1.165) is 5.92 Å². The fourth-order valence-electron chi connectivity index (χ4n) is 5.11. The Labute approximate surface area is 167 Å². The first-order valence-corrected chi connectivity index (χ1v) is 11.5. The molecule has 27 heavy (non-hydrogen) atoms. The molecule has 0 atom stereocenters. The summed E-state index contributed by atoms with van der Waals surface area (Å²) in [4.78, 5) is 0. The van der Waals surface area contributed by atoms with Crippen LogP contribution in [0.2, 0.25) is 0 Å². The summed E-state index contributed by atoms with van der Waals surface area (Å²) in [6.45, 7) is 2.30. The number of hydrogen-bond acceptors (Lipinski definition) is 0. The highest BCUT2D eigenvalue weighted by Crippen LogP contribution is 2.47. The Morgan fingerprint density at radius 2 is 1.15 bits per heavy atom. The predicted molar refractivity (Wildman–Crippen MR) is 118 cm³/mol. The number of hydrogen-bond donors (Lipinski definition) is 0. The van der Waals surface area contributed by atoms with E-state index in [9.17, 15) is 0 Å². The summed E-state index contributed by atoms with van der Waals surface area (Å²) in [5.41, 5.74) is 3.27. The van der Waals surface area contributed by atoms with Crippen molar-refractivity contribution in [3.05, 3.63) is 71.8 Å². The van der Waals surface area contributed by atoms with Crippen molar-refractivity contribution in [3.8, 4) is 0 Å². The molecule has 0 amide bonds. The largest absolute Gasteiger partial charge is 0.0654 e. The van der Waals surface area contributed by atoms with Gasteiger partial charge in [-0.25, -0.2) is 0 Å². The Morgan fingerprint density at radius 3 is 1.67 bits per heavy atom. The molecule has 2 aromatic carbocycles. The molecule has 146 valence electrons. The van der Waals surface area contributed by atoms with E-state index in [1.165, 1.54) is 88.2 Å². The first-order chi connectivity index (χ1) is 13.3. The highest BCUT2D eigenvalue weighted by atomic mass is 14.4. The van der Waals surface area contributed by atoms with Crippen LogP contribution in [0.25, 0.3) is 0 Å². The summed E-state index contributed by atoms with van der Waals surface area (Å²) in [7, 11) is 0. The van der Waals surface area contributed by atoms with E-state index in [0.29, 0.717) is 0 Å². The molecular formula is C27H38. The second kappa shape index (κ2) is 10.7. The maximum atomic E-state index is 2.35. The third-order valence-corrected chi connectivity index (χ3v) is 6.83. The number of unbranched alkanes of at least 4 members (excludes halogenated alkanes) is 6. The Hall–Kier alpha value is -1.56. The van der Waals surface area contributed by atoms with Crippen LogP contribution in [0.4, 0.5) is 0 Å². The number of rotatable bonds is 10. The van der Waals surface area contributed by atoms with Crippen molar-refractivity contribution >= 4 is 0 Å². The lowest BCUT2D eigenvalue weighted by atomic mass is 9.62. The minimum absolute atomic E-state index is 0.235. The van der Waals surface area contributed by atoms with Crippen molar-refractivity contribution in [2.45, 2.75) is 89.4 Å².